The van der Waals surface area contributed by atoms with Crippen molar-refractivity contribution in [1.82, 2.24) is 0 Å². The molecule has 0 bridgehead atoms. The number of hydrogen-bond acceptors (Lipinski definition) is 5. The van der Waals surface area contributed by atoms with Gasteiger partial charge in [0.1, 0.15) is 11.5 Å². The molecule has 0 saturated carbocycles. The smallest absolute Gasteiger partial charge is 0.269 e. The molecule has 0 radical (unpaired) electrons. The van der Waals surface area contributed by atoms with Gasteiger partial charge < -0.3 is 4.74 Å². The lowest BCUT2D eigenvalue weighted by molar-refractivity contribution is -0.384. The average molecular weight is 347 g/mol. The van der Waals surface area contributed by atoms with Gasteiger partial charge in [-0.2, -0.15) is 5.10 Å². The molecule has 3 aromatic carbocycles. The summed E-state index contributed by atoms with van der Waals surface area (Å²) in [5, 5.41) is 14.7. The Kier molecular flexibility index (Phi) is 5.24. The van der Waals surface area contributed by atoms with Crippen LogP contribution in [0.1, 0.15) is 11.1 Å². The molecule has 0 heterocycles. The molecule has 26 heavy (non-hydrogen) atoms. The van der Waals surface area contributed by atoms with E-state index in [4.69, 9.17) is 4.74 Å². The highest BCUT2D eigenvalue weighted by atomic mass is 16.6. The molecule has 0 aliphatic rings. The molecule has 1 N–H and O–H groups in total. The molecule has 0 fully saturated rings. The van der Waals surface area contributed by atoms with E-state index >= 15 is 0 Å². The molecule has 0 aromatic heterocycles. The highest BCUT2D eigenvalue weighted by Crippen LogP contribution is 2.21. The Bertz CT molecular complexity index is 903. The maximum Gasteiger partial charge on any atom is 0.269 e. The normalized spacial score (nSPS) is 10.7. The molecule has 0 atom stereocenters. The number of nitrogens with one attached hydrogen (secondary N) is 1. The lowest BCUT2D eigenvalue weighted by atomic mass is 10.2. The Hall–Kier alpha value is -3.67. The molecule has 130 valence electrons. The van der Waals surface area contributed by atoms with E-state index in [9.17, 15) is 10.1 Å². The SMILES string of the molecule is Cc1ccc(Oc2ccc(C=NNc3ccc([N+](=O)[O-])cc3)cc2)cc1. The summed E-state index contributed by atoms with van der Waals surface area (Å²) in [7, 11) is 0. The minimum Gasteiger partial charge on any atom is -0.457 e. The van der Waals surface area contributed by atoms with Crippen LogP contribution in [0.5, 0.6) is 11.5 Å². The lowest BCUT2D eigenvalue weighted by Crippen LogP contribution is -1.92. The summed E-state index contributed by atoms with van der Waals surface area (Å²) in [6, 6.07) is 21.4. The first-order chi connectivity index (χ1) is 12.6. The van der Waals surface area contributed by atoms with Crippen molar-refractivity contribution in [3.8, 4) is 11.5 Å². The number of nitro benzene ring substituents is 1. The topological polar surface area (TPSA) is 76.8 Å². The van der Waals surface area contributed by atoms with E-state index in [2.05, 4.69) is 10.5 Å². The largest absolute Gasteiger partial charge is 0.457 e. The molecule has 0 amide bonds. The van der Waals surface area contributed by atoms with E-state index in [1.807, 2.05) is 55.5 Å². The summed E-state index contributed by atoms with van der Waals surface area (Å²) < 4.78 is 5.78. The fraction of sp³-hybridized carbons (Fsp3) is 0.0500. The number of hydrazone groups is 1. The van der Waals surface area contributed by atoms with Crippen molar-refractivity contribution in [2.45, 2.75) is 6.92 Å². The van der Waals surface area contributed by atoms with Gasteiger partial charge in [0.25, 0.3) is 5.69 Å². The molecule has 0 unspecified atom stereocenters. The number of hydrogen-bond donors (Lipinski definition) is 1. The van der Waals surface area contributed by atoms with Crippen LogP contribution in [0.2, 0.25) is 0 Å². The molecule has 0 aliphatic carbocycles. The van der Waals surface area contributed by atoms with Gasteiger partial charge in [-0.05, 0) is 61.0 Å². The van der Waals surface area contributed by atoms with Crippen LogP contribution in [0.15, 0.2) is 77.9 Å². The third-order valence-electron chi connectivity index (χ3n) is 3.62. The van der Waals surface area contributed by atoms with Crippen LogP contribution in [-0.4, -0.2) is 11.1 Å². The Labute approximate surface area is 150 Å². The van der Waals surface area contributed by atoms with Crippen molar-refractivity contribution >= 4 is 17.6 Å². The Balaban J connectivity index is 1.57. The number of nitrogens with zero attached hydrogens (tertiary/aromatic N) is 2. The number of nitro groups is 1. The predicted molar refractivity (Wildman–Crippen MR) is 102 cm³/mol. The summed E-state index contributed by atoms with van der Waals surface area (Å²) in [6.07, 6.45) is 1.66. The first-order valence-electron chi connectivity index (χ1n) is 7.98. The van der Waals surface area contributed by atoms with Gasteiger partial charge in [-0.3, -0.25) is 15.5 Å². The second-order valence-corrected chi connectivity index (χ2v) is 5.66. The maximum absolute atomic E-state index is 10.6. The summed E-state index contributed by atoms with van der Waals surface area (Å²) in [6.45, 7) is 2.03. The summed E-state index contributed by atoms with van der Waals surface area (Å²) >= 11 is 0. The Morgan fingerprint density at radius 3 is 2.08 bits per heavy atom. The number of ether oxygens (including phenoxy) is 1. The third kappa shape index (κ3) is 4.67. The van der Waals surface area contributed by atoms with Crippen LogP contribution in [0, 0.1) is 17.0 Å². The average Bonchev–Trinajstić information content (AvgIpc) is 2.65. The minimum absolute atomic E-state index is 0.0451. The van der Waals surface area contributed by atoms with Gasteiger partial charge in [0.05, 0.1) is 16.8 Å². The number of non-ortho nitro benzene ring substituents is 1. The van der Waals surface area contributed by atoms with Crippen LogP contribution in [-0.2, 0) is 0 Å². The summed E-state index contributed by atoms with van der Waals surface area (Å²) in [4.78, 5) is 10.2. The first kappa shape index (κ1) is 17.2. The van der Waals surface area contributed by atoms with Gasteiger partial charge in [0.15, 0.2) is 0 Å². The fourth-order valence-electron chi connectivity index (χ4n) is 2.20. The fourth-order valence-corrected chi connectivity index (χ4v) is 2.20. The van der Waals surface area contributed by atoms with E-state index in [0.29, 0.717) is 5.69 Å². The second-order valence-electron chi connectivity index (χ2n) is 5.66. The van der Waals surface area contributed by atoms with Gasteiger partial charge >= 0.3 is 0 Å². The van der Waals surface area contributed by atoms with E-state index in [0.717, 1.165) is 17.1 Å². The van der Waals surface area contributed by atoms with Crippen molar-refractivity contribution in [2.24, 2.45) is 5.10 Å². The van der Waals surface area contributed by atoms with Gasteiger partial charge in [0, 0.05) is 12.1 Å². The Morgan fingerprint density at radius 2 is 1.50 bits per heavy atom. The Morgan fingerprint density at radius 1 is 0.923 bits per heavy atom. The zero-order valence-electron chi connectivity index (χ0n) is 14.1. The summed E-state index contributed by atoms with van der Waals surface area (Å²) in [5.74, 6) is 1.53. The van der Waals surface area contributed by atoms with Crippen molar-refractivity contribution in [3.63, 3.8) is 0 Å². The van der Waals surface area contributed by atoms with Gasteiger partial charge in [0.2, 0.25) is 0 Å². The van der Waals surface area contributed by atoms with Crippen molar-refractivity contribution < 1.29 is 9.66 Å². The number of anilines is 1. The molecule has 0 aliphatic heterocycles. The van der Waals surface area contributed by atoms with Crippen LogP contribution < -0.4 is 10.2 Å². The van der Waals surface area contributed by atoms with Crippen LogP contribution in [0.3, 0.4) is 0 Å². The number of benzene rings is 3. The van der Waals surface area contributed by atoms with Crippen LogP contribution in [0.25, 0.3) is 0 Å². The van der Waals surface area contributed by atoms with Crippen molar-refractivity contribution in [3.05, 3.63) is 94.0 Å². The van der Waals surface area contributed by atoms with E-state index in [1.165, 1.54) is 17.7 Å². The molecule has 0 spiro atoms. The van der Waals surface area contributed by atoms with Crippen molar-refractivity contribution in [1.29, 1.82) is 0 Å². The minimum atomic E-state index is -0.437. The zero-order chi connectivity index (χ0) is 18.4. The number of rotatable bonds is 6. The number of aryl methyl sites for hydroxylation is 1. The summed E-state index contributed by atoms with van der Waals surface area (Å²) in [5.41, 5.74) is 5.64. The quantitative estimate of drug-likeness (QED) is 0.380. The third-order valence-corrected chi connectivity index (χ3v) is 3.62. The molecule has 6 nitrogen and oxygen atoms in total. The predicted octanol–water partition coefficient (Wildman–Crippen LogP) is 5.14. The van der Waals surface area contributed by atoms with Crippen molar-refractivity contribution in [2.75, 3.05) is 5.43 Å². The lowest BCUT2D eigenvalue weighted by Gasteiger charge is -2.06. The monoisotopic (exact) mass is 347 g/mol. The van der Waals surface area contributed by atoms with Crippen LogP contribution in [0.4, 0.5) is 11.4 Å². The van der Waals surface area contributed by atoms with E-state index < -0.39 is 4.92 Å². The molecular formula is C20H17N3O3. The first-order valence-corrected chi connectivity index (χ1v) is 7.98. The highest BCUT2D eigenvalue weighted by molar-refractivity contribution is 5.80. The van der Waals surface area contributed by atoms with Gasteiger partial charge in [-0.25, -0.2) is 0 Å². The highest BCUT2D eigenvalue weighted by Gasteiger charge is 2.03. The maximum atomic E-state index is 10.6. The second kappa shape index (κ2) is 7.94. The molecular weight excluding hydrogens is 330 g/mol. The molecule has 3 aromatic rings. The standard InChI is InChI=1S/C20H17N3O3/c1-15-2-10-19(11-3-15)26-20-12-4-16(5-13-20)14-21-22-17-6-8-18(9-7-17)23(24)25/h2-14,22H,1H3. The molecule has 0 saturated heterocycles. The van der Waals surface area contributed by atoms with Crippen LogP contribution >= 0.6 is 0 Å². The molecule has 3 rings (SSSR count). The van der Waals surface area contributed by atoms with E-state index in [-0.39, 0.29) is 5.69 Å². The van der Waals surface area contributed by atoms with E-state index in [1.54, 1.807) is 18.3 Å². The van der Waals surface area contributed by atoms with Gasteiger partial charge in [-0.1, -0.05) is 17.7 Å². The van der Waals surface area contributed by atoms with Gasteiger partial charge in [-0.15, -0.1) is 0 Å². The molecule has 6 heteroatoms. The zero-order valence-corrected chi connectivity index (χ0v) is 14.1.